The molecule has 0 bridgehead atoms. The summed E-state index contributed by atoms with van der Waals surface area (Å²) < 4.78 is 12.7. The fraction of sp³-hybridized carbons (Fsp3) is 0.333. The second kappa shape index (κ2) is 4.27. The zero-order chi connectivity index (χ0) is 8.55. The average Bonchev–Trinajstić information content (AvgIpc) is 1.93. The van der Waals surface area contributed by atoms with Crippen LogP contribution in [0.15, 0.2) is 18.2 Å². The van der Waals surface area contributed by atoms with Crippen LogP contribution >= 0.6 is 24.0 Å². The summed E-state index contributed by atoms with van der Waals surface area (Å²) in [5.74, 6) is -0.347. The average molecular weight is 222 g/mol. The lowest BCUT2D eigenvalue weighted by atomic mass is 9.98. The Bertz CT molecular complexity index is 300. The second-order valence-corrected chi connectivity index (χ2v) is 3.38. The molecule has 1 aliphatic rings. The van der Waals surface area contributed by atoms with Crippen molar-refractivity contribution in [1.29, 1.82) is 0 Å². The Kier molecular flexibility index (Phi) is 3.54. The van der Waals surface area contributed by atoms with Crippen molar-refractivity contribution in [2.24, 2.45) is 0 Å². The maximum atomic E-state index is 12.7. The van der Waals surface area contributed by atoms with E-state index in [0.29, 0.717) is 6.04 Å². The third kappa shape index (κ3) is 2.13. The van der Waals surface area contributed by atoms with Crippen LogP contribution in [0.4, 0.5) is 4.39 Å². The third-order valence-corrected chi connectivity index (χ3v) is 2.46. The molecular weight excluding hydrogens is 212 g/mol. The van der Waals surface area contributed by atoms with Gasteiger partial charge in [0.15, 0.2) is 0 Å². The van der Waals surface area contributed by atoms with Gasteiger partial charge in [0, 0.05) is 6.04 Å². The summed E-state index contributed by atoms with van der Waals surface area (Å²) in [4.78, 5) is 0. The Morgan fingerprint density at radius 2 is 2.15 bits per heavy atom. The van der Waals surface area contributed by atoms with Crippen LogP contribution < -0.4 is 5.32 Å². The van der Waals surface area contributed by atoms with E-state index in [1.54, 1.807) is 12.1 Å². The van der Waals surface area contributed by atoms with Crippen molar-refractivity contribution in [3.05, 3.63) is 34.6 Å². The van der Waals surface area contributed by atoms with E-state index in [2.05, 4.69) is 5.32 Å². The summed E-state index contributed by atoms with van der Waals surface area (Å²) in [7, 11) is 0. The number of hydrogen-bond acceptors (Lipinski definition) is 1. The first-order valence-corrected chi connectivity index (χ1v) is 4.33. The van der Waals surface area contributed by atoms with Gasteiger partial charge in [-0.1, -0.05) is 17.7 Å². The molecule has 1 aromatic carbocycles. The highest BCUT2D eigenvalue weighted by Gasteiger charge is 2.18. The van der Waals surface area contributed by atoms with Gasteiger partial charge in [0.05, 0.1) is 5.02 Å². The highest BCUT2D eigenvalue weighted by atomic mass is 35.5. The molecule has 0 saturated carbocycles. The monoisotopic (exact) mass is 221 g/mol. The molecule has 0 spiro atoms. The predicted octanol–water partition coefficient (Wildman–Crippen LogP) is 2.94. The molecule has 1 aliphatic heterocycles. The lowest BCUT2D eigenvalue weighted by molar-refractivity contribution is 0.383. The number of nitrogens with one attached hydrogen (secondary N) is 1. The largest absolute Gasteiger partial charge is 0.310 e. The van der Waals surface area contributed by atoms with Crippen LogP contribution in [0.5, 0.6) is 0 Å². The van der Waals surface area contributed by atoms with E-state index in [4.69, 9.17) is 11.6 Å². The number of rotatable bonds is 1. The summed E-state index contributed by atoms with van der Waals surface area (Å²) >= 11 is 5.64. The topological polar surface area (TPSA) is 12.0 Å². The van der Waals surface area contributed by atoms with Crippen LogP contribution in [0, 0.1) is 5.82 Å². The first-order chi connectivity index (χ1) is 5.77. The minimum atomic E-state index is -0.347. The molecule has 1 nitrogen and oxygen atoms in total. The van der Waals surface area contributed by atoms with Crippen molar-refractivity contribution < 1.29 is 4.39 Å². The number of benzene rings is 1. The van der Waals surface area contributed by atoms with E-state index < -0.39 is 0 Å². The van der Waals surface area contributed by atoms with Gasteiger partial charge >= 0.3 is 0 Å². The highest BCUT2D eigenvalue weighted by Crippen LogP contribution is 2.26. The highest BCUT2D eigenvalue weighted by molar-refractivity contribution is 6.30. The van der Waals surface area contributed by atoms with Gasteiger partial charge in [0.25, 0.3) is 0 Å². The number of hydrogen-bond donors (Lipinski definition) is 1. The SMILES string of the molecule is Cl.Fc1ccc([C@@H]2CCN2)cc1Cl. The van der Waals surface area contributed by atoms with E-state index in [1.807, 2.05) is 0 Å². The van der Waals surface area contributed by atoms with Gasteiger partial charge in [-0.2, -0.15) is 0 Å². The molecule has 1 saturated heterocycles. The zero-order valence-electron chi connectivity index (χ0n) is 6.89. The molecule has 0 aromatic heterocycles. The summed E-state index contributed by atoms with van der Waals surface area (Å²) in [6, 6.07) is 5.26. The molecule has 1 atom stereocenters. The van der Waals surface area contributed by atoms with E-state index in [1.165, 1.54) is 6.07 Å². The van der Waals surface area contributed by atoms with E-state index >= 15 is 0 Å². The first kappa shape index (κ1) is 10.8. The molecule has 1 aromatic rings. The fourth-order valence-corrected chi connectivity index (χ4v) is 1.49. The molecular formula is C9H10Cl2FN. The smallest absolute Gasteiger partial charge is 0.141 e. The molecule has 1 fully saturated rings. The van der Waals surface area contributed by atoms with Crippen molar-refractivity contribution in [3.8, 4) is 0 Å². The Morgan fingerprint density at radius 3 is 2.62 bits per heavy atom. The molecule has 4 heteroatoms. The maximum Gasteiger partial charge on any atom is 0.141 e. The fourth-order valence-electron chi connectivity index (χ4n) is 1.30. The van der Waals surface area contributed by atoms with Crippen LogP contribution in [0.2, 0.25) is 5.02 Å². The van der Waals surface area contributed by atoms with E-state index in [9.17, 15) is 4.39 Å². The van der Waals surface area contributed by atoms with Gasteiger partial charge in [-0.3, -0.25) is 0 Å². The lowest BCUT2D eigenvalue weighted by Crippen LogP contribution is -2.34. The molecule has 13 heavy (non-hydrogen) atoms. The van der Waals surface area contributed by atoms with Crippen molar-refractivity contribution in [2.75, 3.05) is 6.54 Å². The van der Waals surface area contributed by atoms with Gasteiger partial charge in [-0.05, 0) is 30.7 Å². The summed E-state index contributed by atoms with van der Waals surface area (Å²) in [5.41, 5.74) is 1.08. The van der Waals surface area contributed by atoms with Crippen molar-refractivity contribution >= 4 is 24.0 Å². The summed E-state index contributed by atoms with van der Waals surface area (Å²) in [6.07, 6.45) is 1.11. The van der Waals surface area contributed by atoms with Crippen molar-refractivity contribution in [1.82, 2.24) is 5.32 Å². The molecule has 1 N–H and O–H groups in total. The first-order valence-electron chi connectivity index (χ1n) is 3.96. The van der Waals surface area contributed by atoms with Crippen molar-refractivity contribution in [2.45, 2.75) is 12.5 Å². The van der Waals surface area contributed by atoms with Gasteiger partial charge in [-0.15, -0.1) is 12.4 Å². The number of halogens is 3. The van der Waals surface area contributed by atoms with Crippen LogP contribution in [0.1, 0.15) is 18.0 Å². The molecule has 0 amide bonds. The van der Waals surface area contributed by atoms with Gasteiger partial charge in [-0.25, -0.2) is 4.39 Å². The lowest BCUT2D eigenvalue weighted by Gasteiger charge is -2.28. The zero-order valence-corrected chi connectivity index (χ0v) is 8.46. The van der Waals surface area contributed by atoms with E-state index in [-0.39, 0.29) is 23.2 Å². The van der Waals surface area contributed by atoms with Gasteiger partial charge in [0.2, 0.25) is 0 Å². The Balaban J connectivity index is 0.000000845. The molecule has 1 heterocycles. The Morgan fingerprint density at radius 1 is 1.46 bits per heavy atom. The third-order valence-electron chi connectivity index (χ3n) is 2.17. The standard InChI is InChI=1S/C9H9ClFN.ClH/c10-7-5-6(1-2-8(7)11)9-3-4-12-9;/h1-2,5,9,12H,3-4H2;1H/t9-;/m0./s1. The molecule has 0 aliphatic carbocycles. The molecule has 0 unspecified atom stereocenters. The van der Waals surface area contributed by atoms with Gasteiger partial charge < -0.3 is 5.32 Å². The van der Waals surface area contributed by atoms with Crippen LogP contribution in [-0.4, -0.2) is 6.54 Å². The van der Waals surface area contributed by atoms with Gasteiger partial charge in [0.1, 0.15) is 5.82 Å². The second-order valence-electron chi connectivity index (χ2n) is 2.97. The Labute approximate surface area is 87.7 Å². The van der Waals surface area contributed by atoms with Crippen molar-refractivity contribution in [3.63, 3.8) is 0 Å². The molecule has 72 valence electrons. The van der Waals surface area contributed by atoms with Crippen LogP contribution in [-0.2, 0) is 0 Å². The molecule has 0 radical (unpaired) electrons. The van der Waals surface area contributed by atoms with Crippen LogP contribution in [0.3, 0.4) is 0 Å². The van der Waals surface area contributed by atoms with E-state index in [0.717, 1.165) is 18.5 Å². The normalized spacial score (nSPS) is 20.3. The minimum absolute atomic E-state index is 0. The summed E-state index contributed by atoms with van der Waals surface area (Å²) in [6.45, 7) is 1.04. The quantitative estimate of drug-likeness (QED) is 0.770. The Hall–Kier alpha value is -0.310. The molecule has 2 rings (SSSR count). The summed E-state index contributed by atoms with van der Waals surface area (Å²) in [5, 5.41) is 3.44. The van der Waals surface area contributed by atoms with Crippen LogP contribution in [0.25, 0.3) is 0 Å². The minimum Gasteiger partial charge on any atom is -0.310 e. The maximum absolute atomic E-state index is 12.7. The predicted molar refractivity (Wildman–Crippen MR) is 54.0 cm³/mol.